The van der Waals surface area contributed by atoms with Crippen LogP contribution in [-0.2, 0) is 10.0 Å². The number of aromatic carboxylic acids is 1. The third-order valence-corrected chi connectivity index (χ3v) is 6.53. The Balaban J connectivity index is 1.71. The van der Waals surface area contributed by atoms with Crippen LogP contribution in [0.2, 0.25) is 0 Å². The molecular formula is C19H19N3O4S. The molecule has 1 unspecified atom stereocenters. The molecular weight excluding hydrogens is 366 g/mol. The molecule has 0 spiro atoms. The van der Waals surface area contributed by atoms with Gasteiger partial charge in [0.15, 0.2) is 0 Å². The Bertz CT molecular complexity index is 945. The maximum atomic E-state index is 12.8. The lowest BCUT2D eigenvalue weighted by molar-refractivity contribution is 0.0696. The number of benzene rings is 2. The lowest BCUT2D eigenvalue weighted by Gasteiger charge is -2.36. The quantitative estimate of drug-likeness (QED) is 0.844. The molecule has 0 radical (unpaired) electrons. The van der Waals surface area contributed by atoms with Crippen LogP contribution in [0.3, 0.4) is 0 Å². The third kappa shape index (κ3) is 4.01. The standard InChI is InChI=1S/C19H19N3O4S/c20-14-18(15-4-2-1-3-5-15)21-10-12-22(13-11-21)27(25,26)17-8-6-16(7-9-17)19(23)24/h1-9,18H,10-13H2,(H,23,24). The van der Waals surface area contributed by atoms with Crippen LogP contribution in [-0.4, -0.2) is 54.9 Å². The van der Waals surface area contributed by atoms with Crippen LogP contribution in [0.25, 0.3) is 0 Å². The lowest BCUT2D eigenvalue weighted by atomic mass is 10.1. The van der Waals surface area contributed by atoms with Gasteiger partial charge in [-0.2, -0.15) is 9.57 Å². The summed E-state index contributed by atoms with van der Waals surface area (Å²) in [6.45, 7) is 1.43. The molecule has 1 aliphatic heterocycles. The first-order chi connectivity index (χ1) is 12.9. The zero-order chi connectivity index (χ0) is 19.4. The summed E-state index contributed by atoms with van der Waals surface area (Å²) < 4.78 is 26.9. The van der Waals surface area contributed by atoms with E-state index in [1.807, 2.05) is 35.2 Å². The SMILES string of the molecule is N#CC(c1ccccc1)N1CCN(S(=O)(=O)c2ccc(C(=O)O)cc2)CC1. The Morgan fingerprint density at radius 3 is 2.11 bits per heavy atom. The van der Waals surface area contributed by atoms with Gasteiger partial charge in [0.05, 0.1) is 16.5 Å². The molecule has 1 atom stereocenters. The molecule has 2 aromatic carbocycles. The predicted molar refractivity (Wildman–Crippen MR) is 98.5 cm³/mol. The maximum Gasteiger partial charge on any atom is 0.335 e. The summed E-state index contributed by atoms with van der Waals surface area (Å²) in [5.74, 6) is -1.10. The summed E-state index contributed by atoms with van der Waals surface area (Å²) >= 11 is 0. The molecule has 1 fully saturated rings. The van der Waals surface area contributed by atoms with Crippen molar-refractivity contribution >= 4 is 16.0 Å². The minimum Gasteiger partial charge on any atom is -0.478 e. The van der Waals surface area contributed by atoms with Crippen LogP contribution >= 0.6 is 0 Å². The smallest absolute Gasteiger partial charge is 0.335 e. The maximum absolute atomic E-state index is 12.8. The molecule has 0 saturated carbocycles. The lowest BCUT2D eigenvalue weighted by Crippen LogP contribution is -2.49. The molecule has 0 bridgehead atoms. The van der Waals surface area contributed by atoms with Crippen LogP contribution in [0.5, 0.6) is 0 Å². The van der Waals surface area contributed by atoms with E-state index < -0.39 is 22.0 Å². The number of hydrogen-bond donors (Lipinski definition) is 1. The van der Waals surface area contributed by atoms with E-state index in [0.717, 1.165) is 5.56 Å². The second-order valence-electron chi connectivity index (χ2n) is 6.21. The number of carboxylic acid groups (broad SMARTS) is 1. The Kier molecular flexibility index (Phi) is 5.56. The summed E-state index contributed by atoms with van der Waals surface area (Å²) in [6, 6.07) is 16.5. The monoisotopic (exact) mass is 385 g/mol. The number of sulfonamides is 1. The van der Waals surface area contributed by atoms with Crippen molar-refractivity contribution in [3.8, 4) is 6.07 Å². The van der Waals surface area contributed by atoms with Gasteiger partial charge in [-0.3, -0.25) is 4.90 Å². The van der Waals surface area contributed by atoms with Gasteiger partial charge in [0.2, 0.25) is 10.0 Å². The van der Waals surface area contributed by atoms with Crippen molar-refractivity contribution in [3.63, 3.8) is 0 Å². The first-order valence-corrected chi connectivity index (χ1v) is 9.89. The molecule has 0 aromatic heterocycles. The fraction of sp³-hybridized carbons (Fsp3) is 0.263. The van der Waals surface area contributed by atoms with Crippen molar-refractivity contribution in [2.75, 3.05) is 26.2 Å². The number of hydrogen-bond acceptors (Lipinski definition) is 5. The highest BCUT2D eigenvalue weighted by Crippen LogP contribution is 2.24. The number of carboxylic acids is 1. The molecule has 1 N–H and O–H groups in total. The van der Waals surface area contributed by atoms with E-state index in [1.54, 1.807) is 0 Å². The van der Waals surface area contributed by atoms with Crippen LogP contribution in [0.15, 0.2) is 59.5 Å². The van der Waals surface area contributed by atoms with Gasteiger partial charge in [-0.25, -0.2) is 13.2 Å². The topological polar surface area (TPSA) is 102 Å². The van der Waals surface area contributed by atoms with Gasteiger partial charge in [-0.1, -0.05) is 30.3 Å². The van der Waals surface area contributed by atoms with Crippen LogP contribution < -0.4 is 0 Å². The summed E-state index contributed by atoms with van der Waals surface area (Å²) in [4.78, 5) is 13.0. The summed E-state index contributed by atoms with van der Waals surface area (Å²) in [5, 5.41) is 18.5. The minimum atomic E-state index is -3.69. The Morgan fingerprint density at radius 2 is 1.59 bits per heavy atom. The van der Waals surface area contributed by atoms with Gasteiger partial charge in [0, 0.05) is 26.2 Å². The first kappa shape index (κ1) is 19.0. The average molecular weight is 385 g/mol. The van der Waals surface area contributed by atoms with Crippen molar-refractivity contribution in [2.24, 2.45) is 0 Å². The van der Waals surface area contributed by atoms with E-state index in [4.69, 9.17) is 5.11 Å². The van der Waals surface area contributed by atoms with Crippen LogP contribution in [0, 0.1) is 11.3 Å². The van der Waals surface area contributed by atoms with Gasteiger partial charge in [-0.15, -0.1) is 0 Å². The van der Waals surface area contributed by atoms with Crippen LogP contribution in [0.4, 0.5) is 0 Å². The molecule has 0 amide bonds. The highest BCUT2D eigenvalue weighted by Gasteiger charge is 2.31. The fourth-order valence-electron chi connectivity index (χ4n) is 3.12. The molecule has 0 aliphatic carbocycles. The average Bonchev–Trinajstić information content (AvgIpc) is 2.70. The van der Waals surface area contributed by atoms with Gasteiger partial charge >= 0.3 is 5.97 Å². The molecule has 1 saturated heterocycles. The Labute approximate surface area is 158 Å². The second kappa shape index (κ2) is 7.88. The molecule has 2 aromatic rings. The number of nitrogens with zero attached hydrogens (tertiary/aromatic N) is 3. The van der Waals surface area contributed by atoms with Crippen molar-refractivity contribution in [1.29, 1.82) is 5.26 Å². The van der Waals surface area contributed by atoms with Crippen molar-refractivity contribution in [3.05, 3.63) is 65.7 Å². The van der Waals surface area contributed by atoms with Crippen LogP contribution in [0.1, 0.15) is 22.0 Å². The van der Waals surface area contributed by atoms with E-state index in [2.05, 4.69) is 6.07 Å². The molecule has 27 heavy (non-hydrogen) atoms. The third-order valence-electron chi connectivity index (χ3n) is 4.62. The van der Waals surface area contributed by atoms with Crippen molar-refractivity contribution < 1.29 is 18.3 Å². The Morgan fingerprint density at radius 1 is 1.00 bits per heavy atom. The first-order valence-electron chi connectivity index (χ1n) is 8.45. The van der Waals surface area contributed by atoms with Gasteiger partial charge in [0.1, 0.15) is 6.04 Å². The van der Waals surface area contributed by atoms with E-state index >= 15 is 0 Å². The van der Waals surface area contributed by atoms with Gasteiger partial charge < -0.3 is 5.11 Å². The van der Waals surface area contributed by atoms with Crippen molar-refractivity contribution in [1.82, 2.24) is 9.21 Å². The molecule has 7 nitrogen and oxygen atoms in total. The van der Waals surface area contributed by atoms with E-state index in [-0.39, 0.29) is 23.5 Å². The zero-order valence-electron chi connectivity index (χ0n) is 14.5. The predicted octanol–water partition coefficient (Wildman–Crippen LogP) is 1.96. The molecule has 8 heteroatoms. The highest BCUT2D eigenvalue weighted by atomic mass is 32.2. The normalized spacial score (nSPS) is 17.1. The van der Waals surface area contributed by atoms with Crippen molar-refractivity contribution in [2.45, 2.75) is 10.9 Å². The van der Waals surface area contributed by atoms with Gasteiger partial charge in [-0.05, 0) is 29.8 Å². The zero-order valence-corrected chi connectivity index (χ0v) is 15.3. The number of piperazine rings is 1. The number of carbonyl (C=O) groups is 1. The van der Waals surface area contributed by atoms with Gasteiger partial charge in [0.25, 0.3) is 0 Å². The molecule has 1 aliphatic rings. The molecule has 1 heterocycles. The summed E-state index contributed by atoms with van der Waals surface area (Å²) in [6.07, 6.45) is 0. The van der Waals surface area contributed by atoms with E-state index in [9.17, 15) is 18.5 Å². The summed E-state index contributed by atoms with van der Waals surface area (Å²) in [7, 11) is -3.69. The molecule has 140 valence electrons. The summed E-state index contributed by atoms with van der Waals surface area (Å²) in [5.41, 5.74) is 0.930. The highest BCUT2D eigenvalue weighted by molar-refractivity contribution is 7.89. The number of rotatable bonds is 5. The largest absolute Gasteiger partial charge is 0.478 e. The van der Waals surface area contributed by atoms with E-state index in [1.165, 1.54) is 28.6 Å². The number of nitriles is 1. The second-order valence-corrected chi connectivity index (χ2v) is 8.15. The minimum absolute atomic E-state index is 0.0403. The fourth-order valence-corrected chi connectivity index (χ4v) is 4.55. The van der Waals surface area contributed by atoms with E-state index in [0.29, 0.717) is 13.1 Å². The molecule has 3 rings (SSSR count). The Hall–Kier alpha value is -2.73.